The van der Waals surface area contributed by atoms with Gasteiger partial charge in [-0.15, -0.1) is 0 Å². The van der Waals surface area contributed by atoms with Crippen LogP contribution in [-0.4, -0.2) is 17.1 Å². The van der Waals surface area contributed by atoms with Crippen LogP contribution in [0.25, 0.3) is 0 Å². The minimum atomic E-state index is 0.109. The van der Waals surface area contributed by atoms with E-state index in [4.69, 9.17) is 0 Å². The molecule has 0 aliphatic carbocycles. The second-order valence-electron chi connectivity index (χ2n) is 6.64. The van der Waals surface area contributed by atoms with E-state index in [0.29, 0.717) is 0 Å². The third kappa shape index (κ3) is 3.24. The van der Waals surface area contributed by atoms with E-state index >= 15 is 0 Å². The van der Waals surface area contributed by atoms with Gasteiger partial charge in [0.15, 0.2) is 0 Å². The Morgan fingerprint density at radius 2 is 2.00 bits per heavy atom. The van der Waals surface area contributed by atoms with Crippen LogP contribution in [0.15, 0.2) is 42.6 Å². The Kier molecular flexibility index (Phi) is 3.68. The Hall–Kier alpha value is -1.87. The highest BCUT2D eigenvalue weighted by atomic mass is 15.2. The molecule has 3 nitrogen and oxygen atoms in total. The number of fused-ring (bicyclic) bond motifs is 1. The summed E-state index contributed by atoms with van der Waals surface area (Å²) in [5, 5.41) is 3.49. The van der Waals surface area contributed by atoms with Crippen molar-refractivity contribution in [1.29, 1.82) is 0 Å². The van der Waals surface area contributed by atoms with Gasteiger partial charge in [-0.1, -0.05) is 18.2 Å². The van der Waals surface area contributed by atoms with Crippen LogP contribution in [0.5, 0.6) is 0 Å². The van der Waals surface area contributed by atoms with Gasteiger partial charge in [0.05, 0.1) is 5.69 Å². The monoisotopic (exact) mass is 281 g/mol. The summed E-state index contributed by atoms with van der Waals surface area (Å²) < 4.78 is 0. The van der Waals surface area contributed by atoms with E-state index in [0.717, 1.165) is 25.2 Å². The molecule has 0 saturated carbocycles. The average Bonchev–Trinajstić information content (AvgIpc) is 2.89. The van der Waals surface area contributed by atoms with Crippen LogP contribution in [0.2, 0.25) is 0 Å². The lowest BCUT2D eigenvalue weighted by atomic mass is 10.1. The molecule has 2 heterocycles. The number of nitrogens with one attached hydrogen (secondary N) is 1. The molecule has 110 valence electrons. The van der Waals surface area contributed by atoms with Crippen LogP contribution in [-0.2, 0) is 13.0 Å². The van der Waals surface area contributed by atoms with E-state index in [-0.39, 0.29) is 5.54 Å². The molecule has 2 aromatic rings. The van der Waals surface area contributed by atoms with Crippen LogP contribution < -0.4 is 10.2 Å². The summed E-state index contributed by atoms with van der Waals surface area (Å²) in [6.45, 7) is 8.37. The first-order valence-corrected chi connectivity index (χ1v) is 7.58. The summed E-state index contributed by atoms with van der Waals surface area (Å²) in [4.78, 5) is 6.87. The molecule has 0 atom stereocenters. The Bertz CT molecular complexity index is 628. The summed E-state index contributed by atoms with van der Waals surface area (Å²) in [5.74, 6) is 0. The Morgan fingerprint density at radius 3 is 2.81 bits per heavy atom. The Balaban J connectivity index is 1.81. The number of rotatable bonds is 3. The molecule has 0 radical (unpaired) electrons. The van der Waals surface area contributed by atoms with Gasteiger partial charge in [-0.25, -0.2) is 0 Å². The Labute approximate surface area is 127 Å². The van der Waals surface area contributed by atoms with E-state index in [9.17, 15) is 0 Å². The van der Waals surface area contributed by atoms with Crippen molar-refractivity contribution in [3.63, 3.8) is 0 Å². The zero-order valence-corrected chi connectivity index (χ0v) is 13.1. The van der Waals surface area contributed by atoms with Gasteiger partial charge in [0.25, 0.3) is 0 Å². The summed E-state index contributed by atoms with van der Waals surface area (Å²) >= 11 is 0. The van der Waals surface area contributed by atoms with Crippen molar-refractivity contribution >= 4 is 11.4 Å². The maximum atomic E-state index is 4.48. The minimum Gasteiger partial charge on any atom is -0.341 e. The first-order chi connectivity index (χ1) is 10.0. The standard InChI is InChI=1S/C18H23N3/c1-18(2,3)20-13-15-12-16(8-10-19-15)21-11-9-14-6-4-5-7-17(14)21/h4-8,10,12,20H,9,11,13H2,1-3H3. The number of anilines is 2. The number of aromatic nitrogens is 1. The highest BCUT2D eigenvalue weighted by Crippen LogP contribution is 2.34. The fourth-order valence-corrected chi connectivity index (χ4v) is 2.69. The summed E-state index contributed by atoms with van der Waals surface area (Å²) in [6, 6.07) is 13.0. The lowest BCUT2D eigenvalue weighted by Gasteiger charge is -2.22. The number of para-hydroxylation sites is 1. The van der Waals surface area contributed by atoms with Crippen molar-refractivity contribution in [1.82, 2.24) is 10.3 Å². The molecule has 0 saturated heterocycles. The zero-order chi connectivity index (χ0) is 14.9. The van der Waals surface area contributed by atoms with Crippen molar-refractivity contribution in [2.24, 2.45) is 0 Å². The van der Waals surface area contributed by atoms with E-state index in [1.54, 1.807) is 0 Å². The number of nitrogens with zero attached hydrogens (tertiary/aromatic N) is 2. The molecule has 1 aliphatic rings. The third-order valence-electron chi connectivity index (χ3n) is 3.80. The smallest absolute Gasteiger partial charge is 0.0562 e. The van der Waals surface area contributed by atoms with E-state index in [1.807, 2.05) is 6.20 Å². The number of pyridine rings is 1. The minimum absolute atomic E-state index is 0.109. The molecule has 3 heteroatoms. The zero-order valence-electron chi connectivity index (χ0n) is 13.1. The predicted octanol–water partition coefficient (Wildman–Crippen LogP) is 3.66. The van der Waals surface area contributed by atoms with Crippen LogP contribution in [0, 0.1) is 0 Å². The van der Waals surface area contributed by atoms with Crippen molar-refractivity contribution in [2.75, 3.05) is 11.4 Å². The summed E-state index contributed by atoms with van der Waals surface area (Å²) in [7, 11) is 0. The molecule has 1 aromatic heterocycles. The summed E-state index contributed by atoms with van der Waals surface area (Å²) in [6.07, 6.45) is 3.03. The number of hydrogen-bond donors (Lipinski definition) is 1. The van der Waals surface area contributed by atoms with E-state index in [2.05, 4.69) is 72.4 Å². The van der Waals surface area contributed by atoms with Gasteiger partial charge in [-0.2, -0.15) is 0 Å². The molecule has 1 aromatic carbocycles. The Morgan fingerprint density at radius 1 is 1.19 bits per heavy atom. The highest BCUT2D eigenvalue weighted by molar-refractivity contribution is 5.69. The topological polar surface area (TPSA) is 28.2 Å². The lowest BCUT2D eigenvalue weighted by Crippen LogP contribution is -2.35. The van der Waals surface area contributed by atoms with Crippen molar-refractivity contribution in [3.05, 3.63) is 53.9 Å². The van der Waals surface area contributed by atoms with Crippen LogP contribution in [0.1, 0.15) is 32.0 Å². The maximum absolute atomic E-state index is 4.48. The molecule has 0 fully saturated rings. The molecule has 3 rings (SSSR count). The van der Waals surface area contributed by atoms with Crippen LogP contribution in [0.3, 0.4) is 0 Å². The SMILES string of the molecule is CC(C)(C)NCc1cc(N2CCc3ccccc32)ccn1. The largest absolute Gasteiger partial charge is 0.341 e. The van der Waals surface area contributed by atoms with Crippen LogP contribution in [0.4, 0.5) is 11.4 Å². The fraction of sp³-hybridized carbons (Fsp3) is 0.389. The fourth-order valence-electron chi connectivity index (χ4n) is 2.69. The first-order valence-electron chi connectivity index (χ1n) is 7.58. The molecule has 0 bridgehead atoms. The van der Waals surface area contributed by atoms with Crippen molar-refractivity contribution < 1.29 is 0 Å². The van der Waals surface area contributed by atoms with Gasteiger partial charge in [0.1, 0.15) is 0 Å². The first kappa shape index (κ1) is 14.1. The molecule has 21 heavy (non-hydrogen) atoms. The normalized spacial score (nSPS) is 14.3. The second-order valence-corrected chi connectivity index (χ2v) is 6.64. The molecule has 0 spiro atoms. The van der Waals surface area contributed by atoms with E-state index < -0.39 is 0 Å². The van der Waals surface area contributed by atoms with E-state index in [1.165, 1.54) is 16.9 Å². The van der Waals surface area contributed by atoms with Crippen LogP contribution >= 0.6 is 0 Å². The number of hydrogen-bond acceptors (Lipinski definition) is 3. The van der Waals surface area contributed by atoms with Gasteiger partial charge < -0.3 is 10.2 Å². The third-order valence-corrected chi connectivity index (χ3v) is 3.80. The molecule has 0 unspecified atom stereocenters. The maximum Gasteiger partial charge on any atom is 0.0562 e. The van der Waals surface area contributed by atoms with Gasteiger partial charge in [-0.3, -0.25) is 4.98 Å². The quantitative estimate of drug-likeness (QED) is 0.930. The average molecular weight is 281 g/mol. The molecular weight excluding hydrogens is 258 g/mol. The van der Waals surface area contributed by atoms with Gasteiger partial charge in [-0.05, 0) is 51.0 Å². The van der Waals surface area contributed by atoms with Gasteiger partial charge in [0.2, 0.25) is 0 Å². The lowest BCUT2D eigenvalue weighted by molar-refractivity contribution is 0.421. The molecular formula is C18H23N3. The van der Waals surface area contributed by atoms with Gasteiger partial charge in [0, 0.05) is 36.2 Å². The summed E-state index contributed by atoms with van der Waals surface area (Å²) in [5.41, 5.74) is 5.20. The number of benzene rings is 1. The molecule has 1 aliphatic heterocycles. The van der Waals surface area contributed by atoms with Crippen molar-refractivity contribution in [3.8, 4) is 0 Å². The highest BCUT2D eigenvalue weighted by Gasteiger charge is 2.20. The molecule has 0 amide bonds. The van der Waals surface area contributed by atoms with Gasteiger partial charge >= 0.3 is 0 Å². The van der Waals surface area contributed by atoms with Crippen molar-refractivity contribution in [2.45, 2.75) is 39.3 Å². The second kappa shape index (κ2) is 5.49. The predicted molar refractivity (Wildman–Crippen MR) is 88.0 cm³/mol. The molecule has 1 N–H and O–H groups in total.